The van der Waals surface area contributed by atoms with Gasteiger partial charge in [-0.3, -0.25) is 4.79 Å². The van der Waals surface area contributed by atoms with Gasteiger partial charge in [0.2, 0.25) is 0 Å². The third-order valence-corrected chi connectivity index (χ3v) is 2.59. The maximum Gasteiger partial charge on any atom is 0.307 e. The van der Waals surface area contributed by atoms with E-state index in [1.165, 1.54) is 12.1 Å². The minimum Gasteiger partial charge on any atom is -0.481 e. The zero-order valence-electron chi connectivity index (χ0n) is 9.36. The van der Waals surface area contributed by atoms with E-state index in [0.29, 0.717) is 5.56 Å². The van der Waals surface area contributed by atoms with Gasteiger partial charge in [0.25, 0.3) is 0 Å². The molecule has 0 atom stereocenters. The Balaban J connectivity index is 2.60. The summed E-state index contributed by atoms with van der Waals surface area (Å²) in [5, 5.41) is 8.79. The van der Waals surface area contributed by atoms with Gasteiger partial charge in [0.1, 0.15) is 11.6 Å². The first-order valence-corrected chi connectivity index (χ1v) is 5.33. The summed E-state index contributed by atoms with van der Waals surface area (Å²) in [6.45, 7) is 0. The number of rotatable bonds is 3. The highest BCUT2D eigenvalue weighted by Crippen LogP contribution is 2.29. The van der Waals surface area contributed by atoms with Gasteiger partial charge in [-0.15, -0.1) is 0 Å². The number of aliphatic carboxylic acids is 1. The van der Waals surface area contributed by atoms with Crippen molar-refractivity contribution in [3.63, 3.8) is 0 Å². The summed E-state index contributed by atoms with van der Waals surface area (Å²) in [5.74, 6) is -2.44. The second-order valence-electron chi connectivity index (χ2n) is 3.82. The topological polar surface area (TPSA) is 37.3 Å². The molecule has 0 saturated heterocycles. The molecule has 0 aromatic heterocycles. The molecule has 2 rings (SSSR count). The number of hydrogen-bond donors (Lipinski definition) is 1. The molecular weight excluding hydrogens is 238 g/mol. The van der Waals surface area contributed by atoms with E-state index in [1.54, 1.807) is 18.2 Å². The number of carboxylic acids is 1. The van der Waals surface area contributed by atoms with E-state index in [-0.39, 0.29) is 17.5 Å². The Morgan fingerprint density at radius 1 is 1.00 bits per heavy atom. The van der Waals surface area contributed by atoms with Crippen LogP contribution in [0.15, 0.2) is 42.5 Å². The number of halogens is 2. The first-order chi connectivity index (χ1) is 8.59. The molecule has 1 N–H and O–H groups in total. The second-order valence-corrected chi connectivity index (χ2v) is 3.82. The van der Waals surface area contributed by atoms with Gasteiger partial charge in [-0.1, -0.05) is 30.3 Å². The number of carbonyl (C=O) groups is 1. The standard InChI is InChI=1S/C14H10F2O2/c15-11-6-3-7-12(16)14(11)10-5-2-1-4-9(10)8-13(17)18/h1-7H,8H2,(H,17,18). The number of benzene rings is 2. The lowest BCUT2D eigenvalue weighted by atomic mass is 9.97. The zero-order valence-corrected chi connectivity index (χ0v) is 9.36. The van der Waals surface area contributed by atoms with Crippen molar-refractivity contribution in [2.24, 2.45) is 0 Å². The fourth-order valence-corrected chi connectivity index (χ4v) is 1.84. The number of hydrogen-bond acceptors (Lipinski definition) is 1. The van der Waals surface area contributed by atoms with Crippen molar-refractivity contribution < 1.29 is 18.7 Å². The molecule has 4 heteroatoms. The summed E-state index contributed by atoms with van der Waals surface area (Å²) in [6, 6.07) is 9.89. The third kappa shape index (κ3) is 2.37. The minimum absolute atomic E-state index is 0.186. The van der Waals surface area contributed by atoms with Crippen LogP contribution in [0.5, 0.6) is 0 Å². The molecule has 0 aliphatic rings. The van der Waals surface area contributed by atoms with Crippen LogP contribution in [0.1, 0.15) is 5.56 Å². The average Bonchev–Trinajstić information content (AvgIpc) is 2.30. The van der Waals surface area contributed by atoms with Crippen molar-refractivity contribution in [3.05, 3.63) is 59.7 Å². The molecule has 18 heavy (non-hydrogen) atoms. The van der Waals surface area contributed by atoms with E-state index in [2.05, 4.69) is 0 Å². The predicted molar refractivity (Wildman–Crippen MR) is 63.1 cm³/mol. The van der Waals surface area contributed by atoms with Crippen LogP contribution in [0, 0.1) is 11.6 Å². The molecular formula is C14H10F2O2. The lowest BCUT2D eigenvalue weighted by Crippen LogP contribution is -2.03. The maximum absolute atomic E-state index is 13.7. The second kappa shape index (κ2) is 4.96. The first kappa shape index (κ1) is 12.2. The largest absolute Gasteiger partial charge is 0.481 e. The van der Waals surface area contributed by atoms with Crippen LogP contribution < -0.4 is 0 Å². The summed E-state index contributed by atoms with van der Waals surface area (Å²) in [5.41, 5.74) is 0.471. The summed E-state index contributed by atoms with van der Waals surface area (Å²) in [6.07, 6.45) is -0.274. The fraction of sp³-hybridized carbons (Fsp3) is 0.0714. The van der Waals surface area contributed by atoms with E-state index in [0.717, 1.165) is 12.1 Å². The Hall–Kier alpha value is -2.23. The van der Waals surface area contributed by atoms with Crippen molar-refractivity contribution in [3.8, 4) is 11.1 Å². The van der Waals surface area contributed by atoms with Gasteiger partial charge < -0.3 is 5.11 Å². The van der Waals surface area contributed by atoms with E-state index >= 15 is 0 Å². The molecule has 2 aromatic rings. The molecule has 0 heterocycles. The monoisotopic (exact) mass is 248 g/mol. The van der Waals surface area contributed by atoms with Crippen molar-refractivity contribution in [1.29, 1.82) is 0 Å². The number of carboxylic acid groups (broad SMARTS) is 1. The van der Waals surface area contributed by atoms with Crippen LogP contribution in [-0.2, 0) is 11.2 Å². The van der Waals surface area contributed by atoms with Gasteiger partial charge >= 0.3 is 5.97 Å². The highest BCUT2D eigenvalue weighted by molar-refractivity contribution is 5.77. The lowest BCUT2D eigenvalue weighted by molar-refractivity contribution is -0.136. The zero-order chi connectivity index (χ0) is 13.1. The molecule has 0 radical (unpaired) electrons. The van der Waals surface area contributed by atoms with Crippen LogP contribution in [0.4, 0.5) is 8.78 Å². The molecule has 0 aliphatic carbocycles. The quantitative estimate of drug-likeness (QED) is 0.905. The van der Waals surface area contributed by atoms with Crippen LogP contribution in [0.25, 0.3) is 11.1 Å². The van der Waals surface area contributed by atoms with E-state index in [4.69, 9.17) is 5.11 Å². The summed E-state index contributed by atoms with van der Waals surface area (Å²) < 4.78 is 27.3. The van der Waals surface area contributed by atoms with E-state index in [9.17, 15) is 13.6 Å². The van der Waals surface area contributed by atoms with Crippen LogP contribution in [-0.4, -0.2) is 11.1 Å². The van der Waals surface area contributed by atoms with Crippen LogP contribution in [0.2, 0.25) is 0 Å². The van der Waals surface area contributed by atoms with Gasteiger partial charge in [-0.05, 0) is 23.3 Å². The SMILES string of the molecule is O=C(O)Cc1ccccc1-c1c(F)cccc1F. The Morgan fingerprint density at radius 2 is 1.61 bits per heavy atom. The maximum atomic E-state index is 13.7. The fourth-order valence-electron chi connectivity index (χ4n) is 1.84. The Labute approximate surface area is 103 Å². The molecule has 0 spiro atoms. The van der Waals surface area contributed by atoms with Gasteiger partial charge in [-0.25, -0.2) is 8.78 Å². The highest BCUT2D eigenvalue weighted by atomic mass is 19.1. The Bertz CT molecular complexity index is 574. The molecule has 0 bridgehead atoms. The molecule has 0 fully saturated rings. The van der Waals surface area contributed by atoms with Crippen molar-refractivity contribution in [2.75, 3.05) is 0 Å². The van der Waals surface area contributed by atoms with Gasteiger partial charge in [0.15, 0.2) is 0 Å². The van der Waals surface area contributed by atoms with E-state index in [1.807, 2.05) is 0 Å². The molecule has 2 nitrogen and oxygen atoms in total. The van der Waals surface area contributed by atoms with Crippen molar-refractivity contribution in [2.45, 2.75) is 6.42 Å². The highest BCUT2D eigenvalue weighted by Gasteiger charge is 2.15. The van der Waals surface area contributed by atoms with Crippen LogP contribution >= 0.6 is 0 Å². The predicted octanol–water partition coefficient (Wildman–Crippen LogP) is 3.26. The molecule has 2 aromatic carbocycles. The van der Waals surface area contributed by atoms with E-state index < -0.39 is 17.6 Å². The first-order valence-electron chi connectivity index (χ1n) is 5.33. The summed E-state index contributed by atoms with van der Waals surface area (Å²) in [4.78, 5) is 10.7. The molecule has 0 amide bonds. The molecule has 0 unspecified atom stereocenters. The smallest absolute Gasteiger partial charge is 0.307 e. The van der Waals surface area contributed by atoms with Gasteiger partial charge in [-0.2, -0.15) is 0 Å². The summed E-state index contributed by atoms with van der Waals surface area (Å²) in [7, 11) is 0. The molecule has 92 valence electrons. The van der Waals surface area contributed by atoms with Crippen molar-refractivity contribution in [1.82, 2.24) is 0 Å². The van der Waals surface area contributed by atoms with Crippen LogP contribution in [0.3, 0.4) is 0 Å². The summed E-state index contributed by atoms with van der Waals surface area (Å²) >= 11 is 0. The Kier molecular flexibility index (Phi) is 3.37. The lowest BCUT2D eigenvalue weighted by Gasteiger charge is -2.09. The third-order valence-electron chi connectivity index (χ3n) is 2.59. The minimum atomic E-state index is -1.04. The normalized spacial score (nSPS) is 10.3. The molecule has 0 saturated carbocycles. The average molecular weight is 248 g/mol. The van der Waals surface area contributed by atoms with Gasteiger partial charge in [0, 0.05) is 0 Å². The Morgan fingerprint density at radius 3 is 2.22 bits per heavy atom. The van der Waals surface area contributed by atoms with Gasteiger partial charge in [0.05, 0.1) is 12.0 Å². The van der Waals surface area contributed by atoms with Crippen molar-refractivity contribution >= 4 is 5.97 Å². The molecule has 0 aliphatic heterocycles.